The van der Waals surface area contributed by atoms with Gasteiger partial charge in [0.25, 0.3) is 17.4 Å². The predicted molar refractivity (Wildman–Crippen MR) is 311 cm³/mol. The van der Waals surface area contributed by atoms with Crippen molar-refractivity contribution in [3.63, 3.8) is 0 Å². The molecule has 0 aliphatic carbocycles. The number of anilines is 2. The summed E-state index contributed by atoms with van der Waals surface area (Å²) in [4.78, 5) is 123. The Bertz CT molecular complexity index is 3690. The number of carbonyl (C=O) groups is 6. The van der Waals surface area contributed by atoms with Gasteiger partial charge in [0.2, 0.25) is 18.1 Å². The minimum Gasteiger partial charge on any atom is -0.459 e. The predicted octanol–water partition coefficient (Wildman–Crippen LogP) is 4.97. The number of imidazole rings is 2. The number of carbonyl (C=O) groups excluding carboxylic acids is 6. The fraction of sp³-hybridized carbons (Fsp3) is 0.556. The summed E-state index contributed by atoms with van der Waals surface area (Å²) < 4.78 is 119. The van der Waals surface area contributed by atoms with E-state index in [0.717, 1.165) is 39.3 Å². The number of esters is 1. The molecule has 36 heteroatoms. The molecule has 5 aromatic rings. The van der Waals surface area contributed by atoms with Crippen molar-refractivity contribution < 1.29 is 93.4 Å². The number of aromatic amines is 1. The Morgan fingerprint density at radius 3 is 2.13 bits per heavy atom. The van der Waals surface area contributed by atoms with E-state index < -0.39 is 125 Å². The van der Waals surface area contributed by atoms with Crippen LogP contribution in [-0.4, -0.2) is 166 Å². The molecule has 0 saturated carbocycles. The Balaban J connectivity index is 0.879. The number of hydrogen-bond acceptors (Lipinski definition) is 25. The van der Waals surface area contributed by atoms with E-state index in [2.05, 4.69) is 40.5 Å². The molecule has 1 aromatic carbocycles. The number of alkyl halides is 2. The van der Waals surface area contributed by atoms with Crippen molar-refractivity contribution in [2.45, 2.75) is 153 Å². The molecular formula is C54H66F2N12O19P2S. The number of H-pyrrole nitrogens is 1. The van der Waals surface area contributed by atoms with Gasteiger partial charge in [-0.3, -0.25) is 65.7 Å². The zero-order valence-corrected chi connectivity index (χ0v) is 51.5. The van der Waals surface area contributed by atoms with E-state index in [1.54, 1.807) is 13.8 Å². The summed E-state index contributed by atoms with van der Waals surface area (Å²) in [5, 5.41) is 5.71. The van der Waals surface area contributed by atoms with Gasteiger partial charge in [0.1, 0.15) is 48.1 Å². The van der Waals surface area contributed by atoms with Crippen LogP contribution in [0.2, 0.25) is 0 Å². The van der Waals surface area contributed by atoms with Gasteiger partial charge in [-0.05, 0) is 67.6 Å². The molecule has 90 heavy (non-hydrogen) atoms. The number of ether oxygens (including phenoxy) is 5. The lowest BCUT2D eigenvalue weighted by Gasteiger charge is -2.42. The Morgan fingerprint density at radius 1 is 0.800 bits per heavy atom. The van der Waals surface area contributed by atoms with Gasteiger partial charge in [0.15, 0.2) is 59.3 Å². The number of hydrogen-bond donors (Lipinski definition) is 5. The van der Waals surface area contributed by atoms with Gasteiger partial charge in [-0.2, -0.15) is 0 Å². The molecule has 4 unspecified atom stereocenters. The quantitative estimate of drug-likeness (QED) is 0.0264. The number of Topliss-reactive ketones (excluding diaryl/α,β-unsaturated/α-hetero) is 1. The first-order chi connectivity index (χ1) is 43.0. The van der Waals surface area contributed by atoms with E-state index in [0.29, 0.717) is 62.0 Å². The lowest BCUT2D eigenvalue weighted by molar-refractivity contribution is -0.241. The number of aromatic nitrogens is 8. The maximum Gasteiger partial charge on any atom is 0.472 e. The number of ketones is 1. The average molecular weight is 1320 g/mol. The van der Waals surface area contributed by atoms with Gasteiger partial charge >= 0.3 is 20.6 Å². The monoisotopic (exact) mass is 1320 g/mol. The lowest BCUT2D eigenvalue weighted by atomic mass is 9.82. The van der Waals surface area contributed by atoms with Crippen molar-refractivity contribution in [1.29, 1.82) is 0 Å². The molecule has 0 spiro atoms. The van der Waals surface area contributed by atoms with Crippen LogP contribution >= 0.6 is 26.0 Å². The zero-order chi connectivity index (χ0) is 64.2. The van der Waals surface area contributed by atoms with E-state index in [9.17, 15) is 43.0 Å². The summed E-state index contributed by atoms with van der Waals surface area (Å²) in [6.45, 7) is -0.0333. The normalized spacial score (nSPS) is 30.4. The number of fused-ring (bicyclic) bond motifs is 4. The van der Waals surface area contributed by atoms with Gasteiger partial charge in [-0.15, -0.1) is 0 Å². The summed E-state index contributed by atoms with van der Waals surface area (Å²) >= 11 is 0.514. The highest BCUT2D eigenvalue weighted by Gasteiger charge is 2.56. The average Bonchev–Trinajstić information content (AvgIpc) is 1.59. The topological polar surface area (TPSA) is 400 Å². The maximum absolute atomic E-state index is 17.3. The number of unbranched alkanes of at least 4 members (excludes halogenated alkanes) is 4. The van der Waals surface area contributed by atoms with Gasteiger partial charge in [0.05, 0.1) is 37.9 Å². The highest BCUT2D eigenvalue weighted by molar-refractivity contribution is 8.54. The second-order valence-electron chi connectivity index (χ2n) is 22.0. The molecule has 5 aliphatic heterocycles. The molecule has 0 radical (unpaired) electrons. The zero-order valence-electron chi connectivity index (χ0n) is 48.9. The molecule has 15 atom stereocenters. The standard InChI is InChI=1S/C54H66F2N12O19P2S/c1-27-28(2)45(81-30(4)70)54(85-44(27)29(3)69)84-33-14-13-31(19-32(33)65-37(72)12-7-5-9-17-58-36(71)11-8-6-10-18-66-38(73)15-16-39(66)74)22-90-89(78)80-21-35-46(40(55)52(83-35)68-26-64-43-50(68)61-24-62-51(43)75)86-88(76,77)79-20-34-47(87-89)41(56)53(82-34)67-25-63-42-48(57)59-23-60-49(42)67/h13-16,19,23-28,34-35,40-41,44-47,52-54H,5-12,17-18,20-22H2,1-4H3,(H,58,71)(H,65,72)(H,76,77)(H2,57,59,60)(H,61,62,75)/t27-,28-,34+,35+,40+,41+,44?,45?,46+,47+,52+,53+,54+,89?/m0/s1. The first-order valence-electron chi connectivity index (χ1n) is 28.9. The van der Waals surface area contributed by atoms with Crippen LogP contribution in [0.4, 0.5) is 20.3 Å². The van der Waals surface area contributed by atoms with E-state index in [4.69, 9.17) is 47.5 Å². The largest absolute Gasteiger partial charge is 0.472 e. The molecule has 4 aromatic heterocycles. The van der Waals surface area contributed by atoms with Crippen LogP contribution in [0, 0.1) is 11.8 Å². The summed E-state index contributed by atoms with van der Waals surface area (Å²) in [5.74, 6) is -3.57. The Kier molecular flexibility index (Phi) is 20.7. The van der Waals surface area contributed by atoms with E-state index >= 15 is 13.3 Å². The third kappa shape index (κ3) is 15.0. The Hall–Kier alpha value is -6.97. The van der Waals surface area contributed by atoms with Crippen LogP contribution in [-0.2, 0) is 80.7 Å². The first-order valence-corrected chi connectivity index (χ1v) is 33.5. The molecule has 4 fully saturated rings. The van der Waals surface area contributed by atoms with Crippen molar-refractivity contribution in [1.82, 2.24) is 49.3 Å². The number of phosphoric acid groups is 1. The van der Waals surface area contributed by atoms with Gasteiger partial charge < -0.3 is 49.9 Å². The molecule has 10 rings (SSSR count). The lowest BCUT2D eigenvalue weighted by Crippen LogP contribution is -2.55. The second kappa shape index (κ2) is 28.3. The molecule has 5 aliphatic rings. The minimum atomic E-state index is -5.34. The number of phosphoric ester groups is 1. The molecule has 9 heterocycles. The summed E-state index contributed by atoms with van der Waals surface area (Å²) in [6.07, 6.45) is -8.50. The van der Waals surface area contributed by atoms with Crippen LogP contribution in [0.3, 0.4) is 0 Å². The molecule has 4 amide bonds. The summed E-state index contributed by atoms with van der Waals surface area (Å²) in [5.41, 5.74) is 5.45. The van der Waals surface area contributed by atoms with Crippen molar-refractivity contribution >= 4 is 95.2 Å². The number of nitrogen functional groups attached to an aromatic ring is 1. The van der Waals surface area contributed by atoms with Crippen molar-refractivity contribution in [2.24, 2.45) is 11.8 Å². The number of nitrogens with two attached hydrogens (primary N) is 1. The van der Waals surface area contributed by atoms with E-state index in [1.807, 2.05) is 0 Å². The SMILES string of the molecule is CC(=O)OC1[C@H](Oc2ccc(CSP3(=O)OC[C@H]4O[C@@H](n5cnc6c(=O)[nH]cnc65)[C@H](F)[C@@H]4OP(=O)(O)OC[C@H]4O[C@@H](n5cnc6c(N)ncnc65)[C@H](F)[C@@H]4O3)cc2NC(=O)CCCCCNC(=O)CCCCCN2C(=O)C=CC2=O)OC(C(C)=O)[C@@H](C)[C@@H]1C. The van der Waals surface area contributed by atoms with Crippen LogP contribution in [0.1, 0.15) is 97.1 Å². The van der Waals surface area contributed by atoms with Crippen LogP contribution < -0.4 is 26.7 Å². The highest BCUT2D eigenvalue weighted by atomic mass is 32.7. The molecule has 6 N–H and O–H groups in total. The summed E-state index contributed by atoms with van der Waals surface area (Å²) in [7, 11) is -5.34. The molecule has 4 saturated heterocycles. The fourth-order valence-corrected chi connectivity index (χ4v) is 15.3. The second-order valence-corrected chi connectivity index (χ2v) is 27.5. The molecule has 486 valence electrons. The highest BCUT2D eigenvalue weighted by Crippen LogP contribution is 2.65. The minimum absolute atomic E-state index is 0.00564. The van der Waals surface area contributed by atoms with Crippen molar-refractivity contribution in [3.8, 4) is 5.75 Å². The van der Waals surface area contributed by atoms with Gasteiger partial charge in [-0.25, -0.2) is 42.8 Å². The maximum atomic E-state index is 17.3. The number of halogens is 2. The molecular weight excluding hydrogens is 1250 g/mol. The summed E-state index contributed by atoms with van der Waals surface area (Å²) in [6, 6.07) is 4.42. The Morgan fingerprint density at radius 2 is 1.44 bits per heavy atom. The van der Waals surface area contributed by atoms with Gasteiger partial charge in [-0.1, -0.05) is 32.8 Å². The smallest absolute Gasteiger partial charge is 0.459 e. The number of imide groups is 1. The van der Waals surface area contributed by atoms with Crippen molar-refractivity contribution in [3.05, 3.63) is 71.6 Å². The number of nitrogens with zero attached hydrogens (tertiary/aromatic N) is 8. The fourth-order valence-electron chi connectivity index (χ4n) is 11.0. The van der Waals surface area contributed by atoms with Crippen molar-refractivity contribution in [2.75, 3.05) is 37.4 Å². The number of nitrogens with one attached hydrogen (secondary N) is 3. The molecule has 0 bridgehead atoms. The van der Waals surface area contributed by atoms with E-state index in [-0.39, 0.29) is 88.2 Å². The van der Waals surface area contributed by atoms with Crippen LogP contribution in [0.25, 0.3) is 22.3 Å². The van der Waals surface area contributed by atoms with E-state index in [1.165, 1.54) is 44.2 Å². The first kappa shape index (κ1) is 66.0. The number of amides is 4. The van der Waals surface area contributed by atoms with Crippen LogP contribution in [0.15, 0.2) is 60.5 Å². The van der Waals surface area contributed by atoms with Crippen LogP contribution in [0.5, 0.6) is 5.75 Å². The molecule has 31 nitrogen and oxygen atoms in total. The number of rotatable bonds is 22. The number of benzene rings is 1. The van der Waals surface area contributed by atoms with Gasteiger partial charge in [0, 0.05) is 56.7 Å². The Labute approximate surface area is 515 Å². The third-order valence-corrected chi connectivity index (χ3v) is 20.4. The third-order valence-electron chi connectivity index (χ3n) is 15.8.